The first-order chi connectivity index (χ1) is 17.0. The molecule has 0 aliphatic carbocycles. The highest BCUT2D eigenvalue weighted by Gasteiger charge is 2.19. The largest absolute Gasteiger partial charge is 0.379 e. The maximum absolute atomic E-state index is 13.0. The zero-order valence-corrected chi connectivity index (χ0v) is 19.8. The normalized spacial score (nSPS) is 13.7. The van der Waals surface area contributed by atoms with E-state index in [1.165, 1.54) is 7.05 Å². The van der Waals surface area contributed by atoms with Crippen LogP contribution < -0.4 is 10.6 Å². The van der Waals surface area contributed by atoms with Crippen molar-refractivity contribution in [2.45, 2.75) is 6.42 Å². The number of amides is 2. The average molecular weight is 472 g/mol. The lowest BCUT2D eigenvalue weighted by Gasteiger charge is -2.26. The molecule has 1 heterocycles. The van der Waals surface area contributed by atoms with Crippen LogP contribution in [0.3, 0.4) is 0 Å². The number of benzene rings is 3. The molecule has 1 aliphatic heterocycles. The first-order valence-corrected chi connectivity index (χ1v) is 11.7. The number of hydrogen-bond donors (Lipinski definition) is 2. The van der Waals surface area contributed by atoms with E-state index in [0.29, 0.717) is 43.1 Å². The Hall–Kier alpha value is -3.81. The van der Waals surface area contributed by atoms with Crippen molar-refractivity contribution in [1.82, 2.24) is 10.2 Å². The summed E-state index contributed by atoms with van der Waals surface area (Å²) in [4.78, 5) is 40.0. The van der Waals surface area contributed by atoms with E-state index in [1.54, 1.807) is 18.2 Å². The Bertz CT molecular complexity index is 1190. The van der Waals surface area contributed by atoms with Gasteiger partial charge in [0.25, 0.3) is 5.91 Å². The summed E-state index contributed by atoms with van der Waals surface area (Å²) in [5.74, 6) is -0.662. The lowest BCUT2D eigenvalue weighted by Crippen LogP contribution is -2.41. The molecule has 0 aromatic heterocycles. The number of carbonyl (C=O) groups is 3. The monoisotopic (exact) mass is 471 g/mol. The fourth-order valence-electron chi connectivity index (χ4n) is 4.04. The number of nitrogens with one attached hydrogen (secondary N) is 2. The molecule has 35 heavy (non-hydrogen) atoms. The zero-order chi connectivity index (χ0) is 24.6. The van der Waals surface area contributed by atoms with E-state index in [1.807, 2.05) is 59.5 Å². The number of carbonyl (C=O) groups excluding carboxylic acids is 3. The molecule has 1 saturated heterocycles. The van der Waals surface area contributed by atoms with E-state index >= 15 is 0 Å². The highest BCUT2D eigenvalue weighted by atomic mass is 16.5. The van der Waals surface area contributed by atoms with Gasteiger partial charge in [-0.3, -0.25) is 19.3 Å². The van der Waals surface area contributed by atoms with Crippen LogP contribution >= 0.6 is 0 Å². The summed E-state index contributed by atoms with van der Waals surface area (Å²) in [6, 6.07) is 22.7. The van der Waals surface area contributed by atoms with E-state index in [9.17, 15) is 14.4 Å². The van der Waals surface area contributed by atoms with Gasteiger partial charge in [-0.1, -0.05) is 60.7 Å². The zero-order valence-electron chi connectivity index (χ0n) is 19.8. The van der Waals surface area contributed by atoms with Gasteiger partial charge >= 0.3 is 0 Å². The van der Waals surface area contributed by atoms with Crippen LogP contribution in [0.5, 0.6) is 0 Å². The minimum atomic E-state index is -0.331. The van der Waals surface area contributed by atoms with Gasteiger partial charge in [0.05, 0.1) is 31.0 Å². The first-order valence-electron chi connectivity index (χ1n) is 11.7. The number of morpholine rings is 1. The predicted octanol–water partition coefficient (Wildman–Crippen LogP) is 3.41. The molecular weight excluding hydrogens is 442 g/mol. The summed E-state index contributed by atoms with van der Waals surface area (Å²) in [5, 5.41) is 5.40. The second-order valence-electron chi connectivity index (χ2n) is 8.44. The second-order valence-corrected chi connectivity index (χ2v) is 8.44. The molecule has 4 rings (SSSR count). The lowest BCUT2D eigenvalue weighted by atomic mass is 9.98. The summed E-state index contributed by atoms with van der Waals surface area (Å²) in [6.45, 7) is 2.73. The van der Waals surface area contributed by atoms with Crippen LogP contribution in [0.4, 0.5) is 5.69 Å². The fraction of sp³-hybridized carbons (Fsp3) is 0.250. The Morgan fingerprint density at radius 2 is 1.57 bits per heavy atom. The fourth-order valence-corrected chi connectivity index (χ4v) is 4.04. The molecule has 3 aromatic carbocycles. The summed E-state index contributed by atoms with van der Waals surface area (Å²) in [5.41, 5.74) is 4.17. The van der Waals surface area contributed by atoms with Crippen molar-refractivity contribution in [3.05, 3.63) is 89.5 Å². The number of rotatable bonds is 8. The van der Waals surface area contributed by atoms with E-state index in [-0.39, 0.29) is 30.6 Å². The molecular formula is C28H29N3O4. The van der Waals surface area contributed by atoms with Crippen LogP contribution in [0, 0.1) is 0 Å². The van der Waals surface area contributed by atoms with Crippen LogP contribution in [0.2, 0.25) is 0 Å². The van der Waals surface area contributed by atoms with E-state index in [0.717, 1.165) is 16.7 Å². The smallest absolute Gasteiger partial charge is 0.253 e. The molecule has 2 N–H and O–H groups in total. The van der Waals surface area contributed by atoms with Crippen LogP contribution in [-0.4, -0.2) is 62.4 Å². The Labute approximate surface area is 205 Å². The predicted molar refractivity (Wildman–Crippen MR) is 136 cm³/mol. The maximum atomic E-state index is 13.0. The number of nitrogens with zero attached hydrogens (tertiary/aromatic N) is 1. The molecule has 0 bridgehead atoms. The van der Waals surface area contributed by atoms with Gasteiger partial charge in [0.2, 0.25) is 5.91 Å². The van der Waals surface area contributed by atoms with Crippen molar-refractivity contribution in [1.29, 1.82) is 0 Å². The number of ketones is 1. The molecule has 0 radical (unpaired) electrons. The summed E-state index contributed by atoms with van der Waals surface area (Å²) < 4.78 is 5.32. The van der Waals surface area contributed by atoms with Gasteiger partial charge in [-0.25, -0.2) is 0 Å². The van der Waals surface area contributed by atoms with E-state index < -0.39 is 0 Å². The van der Waals surface area contributed by atoms with Crippen molar-refractivity contribution < 1.29 is 19.1 Å². The first kappa shape index (κ1) is 24.3. The molecule has 1 fully saturated rings. The molecule has 7 heteroatoms. The van der Waals surface area contributed by atoms with Gasteiger partial charge in [0, 0.05) is 32.1 Å². The number of Topliss-reactive ketones (excluding diaryl/α,β-unsaturated/α-hetero) is 1. The minimum absolute atomic E-state index is 0.0930. The van der Waals surface area contributed by atoms with Gasteiger partial charge in [0.1, 0.15) is 0 Å². The van der Waals surface area contributed by atoms with Gasteiger partial charge < -0.3 is 15.4 Å². The van der Waals surface area contributed by atoms with Crippen molar-refractivity contribution in [3.8, 4) is 11.1 Å². The molecule has 0 saturated carbocycles. The third-order valence-electron chi connectivity index (χ3n) is 5.98. The SMILES string of the molecule is CNC(=O)c1ccc(C(=O)Cc2ccc(-c3ccccc3)cc2)cc1NC(=O)CN1CCOCC1. The van der Waals surface area contributed by atoms with E-state index in [2.05, 4.69) is 10.6 Å². The Balaban J connectivity index is 1.48. The van der Waals surface area contributed by atoms with Crippen molar-refractivity contribution in [2.75, 3.05) is 45.2 Å². The Morgan fingerprint density at radius 1 is 0.886 bits per heavy atom. The molecule has 7 nitrogen and oxygen atoms in total. The summed E-state index contributed by atoms with van der Waals surface area (Å²) in [6.07, 6.45) is 0.218. The van der Waals surface area contributed by atoms with Gasteiger partial charge in [0.15, 0.2) is 5.78 Å². The summed E-state index contributed by atoms with van der Waals surface area (Å²) >= 11 is 0. The Kier molecular flexibility index (Phi) is 8.03. The number of hydrogen-bond acceptors (Lipinski definition) is 5. The van der Waals surface area contributed by atoms with Crippen LogP contribution in [0.1, 0.15) is 26.3 Å². The van der Waals surface area contributed by atoms with Crippen LogP contribution in [0.25, 0.3) is 11.1 Å². The third-order valence-corrected chi connectivity index (χ3v) is 5.98. The van der Waals surface area contributed by atoms with Crippen LogP contribution in [0.15, 0.2) is 72.8 Å². The third kappa shape index (κ3) is 6.41. The van der Waals surface area contributed by atoms with Crippen LogP contribution in [-0.2, 0) is 16.0 Å². The van der Waals surface area contributed by atoms with Crippen molar-refractivity contribution in [2.24, 2.45) is 0 Å². The molecule has 3 aromatic rings. The van der Waals surface area contributed by atoms with Crippen molar-refractivity contribution in [3.63, 3.8) is 0 Å². The highest BCUT2D eigenvalue weighted by Crippen LogP contribution is 2.22. The lowest BCUT2D eigenvalue weighted by molar-refractivity contribution is -0.118. The van der Waals surface area contributed by atoms with Gasteiger partial charge in [-0.2, -0.15) is 0 Å². The van der Waals surface area contributed by atoms with Gasteiger partial charge in [-0.15, -0.1) is 0 Å². The quantitative estimate of drug-likeness (QED) is 0.492. The topological polar surface area (TPSA) is 87.7 Å². The van der Waals surface area contributed by atoms with E-state index in [4.69, 9.17) is 4.74 Å². The Morgan fingerprint density at radius 3 is 2.26 bits per heavy atom. The minimum Gasteiger partial charge on any atom is -0.379 e. The molecule has 2 amide bonds. The molecule has 180 valence electrons. The van der Waals surface area contributed by atoms with Gasteiger partial charge in [-0.05, 0) is 28.8 Å². The number of ether oxygens (including phenoxy) is 1. The number of anilines is 1. The standard InChI is InChI=1S/C28H29N3O4/c1-29-28(34)24-12-11-23(18-25(24)30-27(33)19-31-13-15-35-16-14-31)26(32)17-20-7-9-22(10-8-20)21-5-3-2-4-6-21/h2-12,18H,13-17,19H2,1H3,(H,29,34)(H,30,33). The molecule has 0 spiro atoms. The second kappa shape index (κ2) is 11.6. The van der Waals surface area contributed by atoms with Crippen molar-refractivity contribution >= 4 is 23.3 Å². The summed E-state index contributed by atoms with van der Waals surface area (Å²) in [7, 11) is 1.53. The average Bonchev–Trinajstić information content (AvgIpc) is 2.89. The molecule has 1 aliphatic rings. The molecule has 0 unspecified atom stereocenters. The molecule has 0 atom stereocenters. The highest BCUT2D eigenvalue weighted by molar-refractivity contribution is 6.07. The maximum Gasteiger partial charge on any atom is 0.253 e.